The summed E-state index contributed by atoms with van der Waals surface area (Å²) in [5, 5.41) is 9.29. The number of nitrogens with zero attached hydrogens (tertiary/aromatic N) is 3. The number of urea groups is 1. The van der Waals surface area contributed by atoms with Crippen LogP contribution in [0.1, 0.15) is 25.7 Å². The van der Waals surface area contributed by atoms with Gasteiger partial charge in [0.1, 0.15) is 0 Å². The summed E-state index contributed by atoms with van der Waals surface area (Å²) < 4.78 is 0. The van der Waals surface area contributed by atoms with Gasteiger partial charge in [-0.05, 0) is 56.0 Å². The first-order valence-electron chi connectivity index (χ1n) is 9.89. The fourth-order valence-corrected chi connectivity index (χ4v) is 3.98. The van der Waals surface area contributed by atoms with Crippen LogP contribution >= 0.6 is 0 Å². The first-order chi connectivity index (χ1) is 13.6. The summed E-state index contributed by atoms with van der Waals surface area (Å²) in [6.45, 7) is 3.32. The normalized spacial score (nSPS) is 20.1. The number of piperidine rings is 1. The van der Waals surface area contributed by atoms with Gasteiger partial charge in [0, 0.05) is 43.3 Å². The van der Waals surface area contributed by atoms with E-state index in [2.05, 4.69) is 17.0 Å². The van der Waals surface area contributed by atoms with Gasteiger partial charge in [-0.3, -0.25) is 9.80 Å². The van der Waals surface area contributed by atoms with Crippen LogP contribution in [0, 0.1) is 0 Å². The maximum absolute atomic E-state index is 13.0. The monoisotopic (exact) mass is 379 g/mol. The Hall–Kier alpha value is -3.02. The molecule has 1 aromatic carbocycles. The van der Waals surface area contributed by atoms with Gasteiger partial charge in [-0.15, -0.1) is 0 Å². The highest BCUT2D eigenvalue weighted by Crippen LogP contribution is 2.28. The highest BCUT2D eigenvalue weighted by atomic mass is 16.4. The van der Waals surface area contributed by atoms with E-state index in [1.54, 1.807) is 28.0 Å². The van der Waals surface area contributed by atoms with Crippen molar-refractivity contribution in [3.8, 4) is 0 Å². The SMILES string of the molecule is O=C(O)C1=CC(N2CCN(c3ccc(N4CCCCC4)cc3)C2=O)=CCC=C1. The lowest BCUT2D eigenvalue weighted by Crippen LogP contribution is -2.31. The average Bonchev–Trinajstić information content (AvgIpc) is 2.94. The molecule has 2 fully saturated rings. The molecular formula is C22H25N3O3. The van der Waals surface area contributed by atoms with E-state index in [9.17, 15) is 14.7 Å². The molecule has 3 aliphatic rings. The predicted octanol–water partition coefficient (Wildman–Crippen LogP) is 3.77. The Morgan fingerprint density at radius 3 is 2.29 bits per heavy atom. The van der Waals surface area contributed by atoms with Gasteiger partial charge >= 0.3 is 12.0 Å². The number of hydrogen-bond acceptors (Lipinski definition) is 3. The zero-order chi connectivity index (χ0) is 19.5. The number of benzene rings is 1. The average molecular weight is 379 g/mol. The molecule has 4 rings (SSSR count). The van der Waals surface area contributed by atoms with E-state index >= 15 is 0 Å². The molecule has 0 spiro atoms. The second kappa shape index (κ2) is 7.92. The summed E-state index contributed by atoms with van der Waals surface area (Å²) in [6, 6.07) is 8.08. The van der Waals surface area contributed by atoms with Gasteiger partial charge in [-0.2, -0.15) is 0 Å². The Labute approximate surface area is 165 Å². The number of rotatable bonds is 4. The second-order valence-corrected chi connectivity index (χ2v) is 7.32. The summed E-state index contributed by atoms with van der Waals surface area (Å²) in [5.74, 6) is -0.985. The molecule has 0 saturated carbocycles. The summed E-state index contributed by atoms with van der Waals surface area (Å²) in [5.41, 5.74) is 2.93. The largest absolute Gasteiger partial charge is 0.478 e. The Morgan fingerprint density at radius 2 is 1.57 bits per heavy atom. The molecule has 0 radical (unpaired) electrons. The Balaban J connectivity index is 1.49. The molecule has 1 aliphatic carbocycles. The van der Waals surface area contributed by atoms with E-state index in [-0.39, 0.29) is 11.6 Å². The fourth-order valence-electron chi connectivity index (χ4n) is 3.98. The van der Waals surface area contributed by atoms with E-state index in [0.717, 1.165) is 18.8 Å². The molecule has 2 heterocycles. The zero-order valence-electron chi connectivity index (χ0n) is 15.9. The molecule has 146 valence electrons. The molecule has 0 unspecified atom stereocenters. The third-order valence-corrected chi connectivity index (χ3v) is 5.51. The number of carbonyl (C=O) groups excluding carboxylic acids is 1. The highest BCUT2D eigenvalue weighted by molar-refractivity contribution is 5.96. The van der Waals surface area contributed by atoms with E-state index in [1.807, 2.05) is 18.2 Å². The van der Waals surface area contributed by atoms with Crippen molar-refractivity contribution in [3.05, 3.63) is 59.8 Å². The number of carbonyl (C=O) groups is 2. The first kappa shape index (κ1) is 18.3. The van der Waals surface area contributed by atoms with Crippen LogP contribution in [-0.4, -0.2) is 48.2 Å². The smallest absolute Gasteiger partial charge is 0.335 e. The van der Waals surface area contributed by atoms with Crippen molar-refractivity contribution in [1.29, 1.82) is 0 Å². The lowest BCUT2D eigenvalue weighted by Gasteiger charge is -2.29. The molecule has 28 heavy (non-hydrogen) atoms. The fraction of sp³-hybridized carbons (Fsp3) is 0.364. The predicted molar refractivity (Wildman–Crippen MR) is 110 cm³/mol. The molecule has 1 N–H and O–H groups in total. The number of carboxylic acids is 1. The molecule has 0 aromatic heterocycles. The summed E-state index contributed by atoms with van der Waals surface area (Å²) in [7, 11) is 0. The van der Waals surface area contributed by atoms with Gasteiger partial charge in [0.15, 0.2) is 0 Å². The van der Waals surface area contributed by atoms with Crippen LogP contribution in [-0.2, 0) is 4.79 Å². The molecule has 6 heteroatoms. The standard InChI is InChI=1S/C22H25N3O3/c26-21(27)17-6-2-3-7-20(16-17)25-15-14-24(22(25)28)19-10-8-18(9-11-19)23-12-4-1-5-13-23/h2,6-11,16H,1,3-5,12-15H2,(H,26,27). The number of allylic oxidation sites excluding steroid dienone is 3. The van der Waals surface area contributed by atoms with Gasteiger partial charge < -0.3 is 10.0 Å². The van der Waals surface area contributed by atoms with Gasteiger partial charge in [0.25, 0.3) is 0 Å². The minimum Gasteiger partial charge on any atom is -0.478 e. The van der Waals surface area contributed by atoms with Crippen LogP contribution in [0.5, 0.6) is 0 Å². The molecule has 2 saturated heterocycles. The van der Waals surface area contributed by atoms with Crippen LogP contribution in [0.3, 0.4) is 0 Å². The van der Waals surface area contributed by atoms with E-state index in [4.69, 9.17) is 0 Å². The maximum Gasteiger partial charge on any atom is 0.335 e. The molecule has 6 nitrogen and oxygen atoms in total. The molecule has 2 amide bonds. The second-order valence-electron chi connectivity index (χ2n) is 7.32. The molecule has 2 aliphatic heterocycles. The number of carboxylic acid groups (broad SMARTS) is 1. The van der Waals surface area contributed by atoms with Gasteiger partial charge in [-0.1, -0.05) is 18.2 Å². The Kier molecular flexibility index (Phi) is 5.19. The Bertz CT molecular complexity index is 848. The van der Waals surface area contributed by atoms with Crippen molar-refractivity contribution in [3.63, 3.8) is 0 Å². The lowest BCUT2D eigenvalue weighted by molar-refractivity contribution is -0.132. The first-order valence-corrected chi connectivity index (χ1v) is 9.89. The number of amides is 2. The van der Waals surface area contributed by atoms with Crippen LogP contribution in [0.4, 0.5) is 16.2 Å². The van der Waals surface area contributed by atoms with E-state index < -0.39 is 5.97 Å². The Morgan fingerprint density at radius 1 is 0.893 bits per heavy atom. The van der Waals surface area contributed by atoms with Crippen LogP contribution in [0.25, 0.3) is 0 Å². The van der Waals surface area contributed by atoms with Crippen molar-refractivity contribution in [2.24, 2.45) is 0 Å². The number of aliphatic carboxylic acids is 1. The van der Waals surface area contributed by atoms with Crippen molar-refractivity contribution in [2.75, 3.05) is 36.0 Å². The zero-order valence-corrected chi connectivity index (χ0v) is 15.9. The summed E-state index contributed by atoms with van der Waals surface area (Å²) in [4.78, 5) is 30.1. The topological polar surface area (TPSA) is 64.1 Å². The van der Waals surface area contributed by atoms with Crippen LogP contribution in [0.2, 0.25) is 0 Å². The summed E-state index contributed by atoms with van der Waals surface area (Å²) in [6.07, 6.45) is 11.2. The van der Waals surface area contributed by atoms with Gasteiger partial charge in [-0.25, -0.2) is 9.59 Å². The van der Waals surface area contributed by atoms with Crippen molar-refractivity contribution < 1.29 is 14.7 Å². The number of anilines is 2. The third kappa shape index (κ3) is 3.67. The van der Waals surface area contributed by atoms with Crippen molar-refractivity contribution in [1.82, 2.24) is 4.90 Å². The van der Waals surface area contributed by atoms with Crippen LogP contribution < -0.4 is 9.80 Å². The maximum atomic E-state index is 13.0. The van der Waals surface area contributed by atoms with E-state index in [1.165, 1.54) is 24.9 Å². The molecule has 0 bridgehead atoms. The molecular weight excluding hydrogens is 354 g/mol. The minimum absolute atomic E-state index is 0.111. The van der Waals surface area contributed by atoms with Gasteiger partial charge in [0.2, 0.25) is 0 Å². The molecule has 1 aromatic rings. The summed E-state index contributed by atoms with van der Waals surface area (Å²) >= 11 is 0. The molecule has 0 atom stereocenters. The van der Waals surface area contributed by atoms with Gasteiger partial charge in [0.05, 0.1) is 5.57 Å². The lowest BCUT2D eigenvalue weighted by atomic mass is 10.1. The minimum atomic E-state index is -0.985. The van der Waals surface area contributed by atoms with Crippen molar-refractivity contribution in [2.45, 2.75) is 25.7 Å². The highest BCUT2D eigenvalue weighted by Gasteiger charge is 2.31. The quantitative estimate of drug-likeness (QED) is 0.865. The number of hydrogen-bond donors (Lipinski definition) is 1. The third-order valence-electron chi connectivity index (χ3n) is 5.51. The van der Waals surface area contributed by atoms with Crippen molar-refractivity contribution >= 4 is 23.4 Å². The van der Waals surface area contributed by atoms with E-state index in [0.29, 0.717) is 25.2 Å². The van der Waals surface area contributed by atoms with Crippen LogP contribution in [0.15, 0.2) is 59.8 Å².